The number of rotatable bonds is 2. The zero-order valence-corrected chi connectivity index (χ0v) is 11.4. The van der Waals surface area contributed by atoms with E-state index in [9.17, 15) is 0 Å². The van der Waals surface area contributed by atoms with Crippen LogP contribution in [0, 0.1) is 22.7 Å². The van der Waals surface area contributed by atoms with Gasteiger partial charge in [-0.15, -0.1) is 0 Å². The van der Waals surface area contributed by atoms with Crippen LogP contribution < -0.4 is 4.74 Å². The third-order valence-corrected chi connectivity index (χ3v) is 3.63. The number of nitrogens with zero attached hydrogens (tertiary/aromatic N) is 1. The largest absolute Gasteiger partial charge is 0.490 e. The van der Waals surface area contributed by atoms with Gasteiger partial charge in [0.25, 0.3) is 0 Å². The van der Waals surface area contributed by atoms with Crippen molar-refractivity contribution >= 4 is 0 Å². The highest BCUT2D eigenvalue weighted by Gasteiger charge is 2.33. The van der Waals surface area contributed by atoms with E-state index in [1.165, 1.54) is 6.42 Å². The molecule has 2 nitrogen and oxygen atoms in total. The van der Waals surface area contributed by atoms with E-state index in [-0.39, 0.29) is 0 Å². The monoisotopic (exact) mass is 243 g/mol. The number of hydrogen-bond donors (Lipinski definition) is 0. The fraction of sp³-hybridized carbons (Fsp3) is 0.562. The van der Waals surface area contributed by atoms with Crippen LogP contribution in [0.3, 0.4) is 0 Å². The average molecular weight is 243 g/mol. The average Bonchev–Trinajstić information content (AvgIpc) is 2.27. The summed E-state index contributed by atoms with van der Waals surface area (Å²) in [5, 5.41) is 8.76. The molecule has 2 atom stereocenters. The van der Waals surface area contributed by atoms with Crippen molar-refractivity contribution in [3.63, 3.8) is 0 Å². The molecular formula is C16H21NO. The van der Waals surface area contributed by atoms with E-state index in [2.05, 4.69) is 26.8 Å². The van der Waals surface area contributed by atoms with E-state index in [0.29, 0.717) is 17.1 Å². The second-order valence-electron chi connectivity index (χ2n) is 6.29. The molecule has 1 aromatic rings. The first-order valence-corrected chi connectivity index (χ1v) is 6.65. The molecule has 1 fully saturated rings. The minimum absolute atomic E-state index is 0.302. The lowest BCUT2D eigenvalue weighted by molar-refractivity contribution is 0.0562. The minimum atomic E-state index is 0.302. The summed E-state index contributed by atoms with van der Waals surface area (Å²) < 4.78 is 6.05. The topological polar surface area (TPSA) is 33.0 Å². The van der Waals surface area contributed by atoms with Crippen molar-refractivity contribution in [2.24, 2.45) is 11.3 Å². The molecule has 0 bridgehead atoms. The van der Waals surface area contributed by atoms with Gasteiger partial charge < -0.3 is 4.74 Å². The highest BCUT2D eigenvalue weighted by molar-refractivity contribution is 5.34. The Morgan fingerprint density at radius 1 is 1.22 bits per heavy atom. The van der Waals surface area contributed by atoms with Gasteiger partial charge in [0.05, 0.1) is 17.7 Å². The van der Waals surface area contributed by atoms with Gasteiger partial charge in [0, 0.05) is 0 Å². The summed E-state index contributed by atoms with van der Waals surface area (Å²) in [5.74, 6) is 1.60. The van der Waals surface area contributed by atoms with Gasteiger partial charge in [-0.2, -0.15) is 5.26 Å². The van der Waals surface area contributed by atoms with Crippen molar-refractivity contribution in [3.8, 4) is 11.8 Å². The maximum absolute atomic E-state index is 8.76. The van der Waals surface area contributed by atoms with Gasteiger partial charge in [0.1, 0.15) is 5.75 Å². The lowest BCUT2D eigenvalue weighted by Gasteiger charge is -2.38. The first-order chi connectivity index (χ1) is 8.48. The third-order valence-electron chi connectivity index (χ3n) is 3.63. The second-order valence-corrected chi connectivity index (χ2v) is 6.29. The van der Waals surface area contributed by atoms with Crippen molar-refractivity contribution < 1.29 is 4.74 Å². The summed E-state index contributed by atoms with van der Waals surface area (Å²) in [6, 6.07) is 9.53. The van der Waals surface area contributed by atoms with Crippen molar-refractivity contribution in [3.05, 3.63) is 29.8 Å². The van der Waals surface area contributed by atoms with Crippen molar-refractivity contribution in [2.75, 3.05) is 0 Å². The molecule has 0 spiro atoms. The molecule has 1 saturated carbocycles. The van der Waals surface area contributed by atoms with Gasteiger partial charge in [-0.05, 0) is 54.9 Å². The van der Waals surface area contributed by atoms with Gasteiger partial charge in [-0.1, -0.05) is 20.8 Å². The first kappa shape index (κ1) is 13.0. The van der Waals surface area contributed by atoms with Gasteiger partial charge in [-0.3, -0.25) is 0 Å². The molecule has 0 heterocycles. The molecule has 1 aromatic carbocycles. The fourth-order valence-electron chi connectivity index (χ4n) is 3.15. The Bertz CT molecular complexity index is 441. The Balaban J connectivity index is 2.02. The lowest BCUT2D eigenvalue weighted by Crippen LogP contribution is -2.34. The molecule has 2 heteroatoms. The van der Waals surface area contributed by atoms with Crippen LogP contribution in [0.1, 0.15) is 45.6 Å². The highest BCUT2D eigenvalue weighted by atomic mass is 16.5. The standard InChI is InChI=1S/C16H21NO/c1-12-8-15(10-16(2,3)9-12)18-14-6-4-13(11-17)5-7-14/h4-7,12,15H,8-10H2,1-3H3. The smallest absolute Gasteiger partial charge is 0.119 e. The number of hydrogen-bond acceptors (Lipinski definition) is 2. The van der Waals surface area contributed by atoms with Crippen LogP contribution in [0.2, 0.25) is 0 Å². The van der Waals surface area contributed by atoms with Crippen molar-refractivity contribution in [2.45, 2.75) is 46.1 Å². The molecule has 1 aliphatic rings. The van der Waals surface area contributed by atoms with E-state index >= 15 is 0 Å². The molecule has 0 radical (unpaired) electrons. The van der Waals surface area contributed by atoms with Gasteiger partial charge >= 0.3 is 0 Å². The number of benzene rings is 1. The third kappa shape index (κ3) is 3.26. The second kappa shape index (κ2) is 5.02. The maximum atomic E-state index is 8.76. The molecular weight excluding hydrogens is 222 g/mol. The molecule has 2 rings (SSSR count). The van der Waals surface area contributed by atoms with Gasteiger partial charge in [-0.25, -0.2) is 0 Å². The molecule has 1 aliphatic carbocycles. The molecule has 0 aromatic heterocycles. The number of ether oxygens (including phenoxy) is 1. The van der Waals surface area contributed by atoms with Crippen molar-refractivity contribution in [1.82, 2.24) is 0 Å². The van der Waals surface area contributed by atoms with E-state index in [0.717, 1.165) is 24.5 Å². The normalized spacial score (nSPS) is 26.3. The highest BCUT2D eigenvalue weighted by Crippen LogP contribution is 2.39. The summed E-state index contributed by atoms with van der Waals surface area (Å²) in [4.78, 5) is 0. The minimum Gasteiger partial charge on any atom is -0.490 e. The zero-order chi connectivity index (χ0) is 13.2. The predicted molar refractivity (Wildman–Crippen MR) is 72.4 cm³/mol. The van der Waals surface area contributed by atoms with E-state index in [4.69, 9.17) is 10.00 Å². The molecule has 96 valence electrons. The summed E-state index contributed by atoms with van der Waals surface area (Å²) in [6.45, 7) is 6.94. The molecule has 0 aliphatic heterocycles. The SMILES string of the molecule is CC1CC(Oc2ccc(C#N)cc2)CC(C)(C)C1. The molecule has 0 amide bonds. The number of nitriles is 1. The van der Waals surface area contributed by atoms with E-state index < -0.39 is 0 Å². The van der Waals surface area contributed by atoms with Crippen molar-refractivity contribution in [1.29, 1.82) is 5.26 Å². The van der Waals surface area contributed by atoms with Gasteiger partial charge in [0.2, 0.25) is 0 Å². The molecule has 0 N–H and O–H groups in total. The molecule has 0 saturated heterocycles. The van der Waals surface area contributed by atoms with Crippen LogP contribution in [-0.4, -0.2) is 6.10 Å². The zero-order valence-electron chi connectivity index (χ0n) is 11.4. The molecule has 2 unspecified atom stereocenters. The quantitative estimate of drug-likeness (QED) is 0.781. The predicted octanol–water partition coefficient (Wildman–Crippen LogP) is 4.15. The van der Waals surface area contributed by atoms with E-state index in [1.54, 1.807) is 0 Å². The van der Waals surface area contributed by atoms with Crippen LogP contribution in [0.25, 0.3) is 0 Å². The van der Waals surface area contributed by atoms with Crippen LogP contribution in [0.5, 0.6) is 5.75 Å². The van der Waals surface area contributed by atoms with Crippen LogP contribution in [-0.2, 0) is 0 Å². The Hall–Kier alpha value is -1.49. The van der Waals surface area contributed by atoms with Gasteiger partial charge in [0.15, 0.2) is 0 Å². The maximum Gasteiger partial charge on any atom is 0.119 e. The summed E-state index contributed by atoms with van der Waals surface area (Å²) in [7, 11) is 0. The summed E-state index contributed by atoms with van der Waals surface area (Å²) >= 11 is 0. The van der Waals surface area contributed by atoms with Crippen LogP contribution in [0.4, 0.5) is 0 Å². The first-order valence-electron chi connectivity index (χ1n) is 6.65. The molecule has 18 heavy (non-hydrogen) atoms. The Kier molecular flexibility index (Phi) is 3.61. The van der Waals surface area contributed by atoms with Crippen LogP contribution >= 0.6 is 0 Å². The fourth-order valence-corrected chi connectivity index (χ4v) is 3.15. The Morgan fingerprint density at radius 3 is 2.44 bits per heavy atom. The van der Waals surface area contributed by atoms with Crippen LogP contribution in [0.15, 0.2) is 24.3 Å². The van der Waals surface area contributed by atoms with E-state index in [1.807, 2.05) is 24.3 Å². The summed E-state index contributed by atoms with van der Waals surface area (Å²) in [5.41, 5.74) is 1.05. The lowest BCUT2D eigenvalue weighted by atomic mass is 9.71. The Labute approximate surface area is 110 Å². The summed E-state index contributed by atoms with van der Waals surface area (Å²) in [6.07, 6.45) is 3.82. The Morgan fingerprint density at radius 2 is 1.89 bits per heavy atom.